The topological polar surface area (TPSA) is 46.6 Å². The maximum atomic E-state index is 15.3. The molecule has 10 heteroatoms. The molecule has 1 heterocycles. The second kappa shape index (κ2) is 8.73. The van der Waals surface area contributed by atoms with Gasteiger partial charge < -0.3 is 9.64 Å². The second-order valence-corrected chi connectivity index (χ2v) is 9.73. The minimum atomic E-state index is -4.41. The first-order valence-electron chi connectivity index (χ1n) is 9.85. The number of sulfone groups is 1. The van der Waals surface area contributed by atoms with Crippen molar-refractivity contribution >= 4 is 15.5 Å². The minimum absolute atomic E-state index is 0.128. The number of benzene rings is 2. The van der Waals surface area contributed by atoms with Gasteiger partial charge in [-0.1, -0.05) is 13.0 Å². The summed E-state index contributed by atoms with van der Waals surface area (Å²) < 4.78 is 102. The van der Waals surface area contributed by atoms with Crippen LogP contribution in [0.1, 0.15) is 48.6 Å². The molecule has 0 fully saturated rings. The Morgan fingerprint density at radius 2 is 1.59 bits per heavy atom. The summed E-state index contributed by atoms with van der Waals surface area (Å²) in [6.45, 7) is 8.64. The number of halogens is 5. The predicted molar refractivity (Wildman–Crippen MR) is 110 cm³/mol. The highest BCUT2D eigenvalue weighted by Gasteiger charge is 2.32. The van der Waals surface area contributed by atoms with E-state index < -0.39 is 67.7 Å². The lowest BCUT2D eigenvalue weighted by Gasteiger charge is -2.36. The lowest BCUT2D eigenvalue weighted by molar-refractivity contribution is 0.115. The Morgan fingerprint density at radius 1 is 1.00 bits per heavy atom. The van der Waals surface area contributed by atoms with Crippen LogP contribution in [0.15, 0.2) is 24.6 Å². The Morgan fingerprint density at radius 3 is 2.16 bits per heavy atom. The standard InChI is InChI=1S/C22H22F5NO3S/c1-5-8-28-13(4)31-12(3)17-16(28)7-6-14(20(17)25)9-32(29,30)10-15-21(26)18(23)11(2)19(24)22(15)27/h6-7,12H,4-5,8-10H2,1-3H3. The Bertz CT molecular complexity index is 1170. The van der Waals surface area contributed by atoms with E-state index in [0.29, 0.717) is 18.1 Å². The fourth-order valence-corrected chi connectivity index (χ4v) is 5.20. The Labute approximate surface area is 183 Å². The van der Waals surface area contributed by atoms with E-state index in [-0.39, 0.29) is 11.1 Å². The molecule has 1 atom stereocenters. The van der Waals surface area contributed by atoms with Crippen molar-refractivity contribution in [1.82, 2.24) is 0 Å². The number of fused-ring (bicyclic) bond motifs is 1. The molecule has 0 saturated heterocycles. The van der Waals surface area contributed by atoms with Gasteiger partial charge in [0, 0.05) is 23.2 Å². The number of hydrogen-bond donors (Lipinski definition) is 0. The van der Waals surface area contributed by atoms with Crippen molar-refractivity contribution in [3.8, 4) is 0 Å². The van der Waals surface area contributed by atoms with Crippen molar-refractivity contribution in [1.29, 1.82) is 0 Å². The second-order valence-electron chi connectivity index (χ2n) is 7.67. The van der Waals surface area contributed by atoms with Gasteiger partial charge in [0.25, 0.3) is 0 Å². The summed E-state index contributed by atoms with van der Waals surface area (Å²) in [7, 11) is -4.41. The first kappa shape index (κ1) is 24.0. The fraction of sp³-hybridized carbons (Fsp3) is 0.364. The molecule has 32 heavy (non-hydrogen) atoms. The van der Waals surface area contributed by atoms with Crippen molar-refractivity contribution in [2.24, 2.45) is 0 Å². The molecular weight excluding hydrogens is 453 g/mol. The maximum absolute atomic E-state index is 15.3. The number of hydrogen-bond acceptors (Lipinski definition) is 4. The van der Waals surface area contributed by atoms with Crippen LogP contribution in [0.3, 0.4) is 0 Å². The highest BCUT2D eigenvalue weighted by Crippen LogP contribution is 2.40. The van der Waals surface area contributed by atoms with Crippen LogP contribution in [-0.4, -0.2) is 15.0 Å². The van der Waals surface area contributed by atoms with Crippen LogP contribution in [0.25, 0.3) is 0 Å². The third kappa shape index (κ3) is 4.20. The zero-order valence-corrected chi connectivity index (χ0v) is 18.6. The molecule has 1 unspecified atom stereocenters. The van der Waals surface area contributed by atoms with Crippen LogP contribution in [0, 0.1) is 36.0 Å². The zero-order valence-electron chi connectivity index (χ0n) is 17.7. The number of anilines is 1. The zero-order chi connectivity index (χ0) is 24.0. The normalized spacial score (nSPS) is 16.2. The van der Waals surface area contributed by atoms with Crippen molar-refractivity contribution in [3.05, 3.63) is 75.9 Å². The quantitative estimate of drug-likeness (QED) is 0.404. The van der Waals surface area contributed by atoms with Gasteiger partial charge in [-0.25, -0.2) is 30.4 Å². The summed E-state index contributed by atoms with van der Waals surface area (Å²) in [6.07, 6.45) is -0.0298. The largest absolute Gasteiger partial charge is 0.471 e. The Kier molecular flexibility index (Phi) is 6.55. The van der Waals surface area contributed by atoms with Crippen molar-refractivity contribution in [2.75, 3.05) is 11.4 Å². The van der Waals surface area contributed by atoms with E-state index in [0.717, 1.165) is 13.3 Å². The summed E-state index contributed by atoms with van der Waals surface area (Å²) in [5.41, 5.74) is -1.80. The Balaban J connectivity index is 1.98. The molecule has 1 aliphatic rings. The average molecular weight is 475 g/mol. The highest BCUT2D eigenvalue weighted by atomic mass is 32.2. The van der Waals surface area contributed by atoms with Gasteiger partial charge >= 0.3 is 0 Å². The summed E-state index contributed by atoms with van der Waals surface area (Å²) in [5, 5.41) is 0. The summed E-state index contributed by atoms with van der Waals surface area (Å²) in [4.78, 5) is 1.67. The van der Waals surface area contributed by atoms with Gasteiger partial charge in [-0.05, 0) is 32.9 Å². The number of nitrogens with zero attached hydrogens (tertiary/aromatic N) is 1. The molecule has 0 aromatic heterocycles. The van der Waals surface area contributed by atoms with Gasteiger partial charge in [0.15, 0.2) is 39.0 Å². The summed E-state index contributed by atoms with van der Waals surface area (Å²) in [5.74, 6) is -9.68. The summed E-state index contributed by atoms with van der Waals surface area (Å²) >= 11 is 0. The van der Waals surface area contributed by atoms with Crippen molar-refractivity contribution in [3.63, 3.8) is 0 Å². The highest BCUT2D eigenvalue weighted by molar-refractivity contribution is 7.89. The van der Waals surface area contributed by atoms with Crippen LogP contribution in [0.2, 0.25) is 0 Å². The minimum Gasteiger partial charge on any atom is -0.471 e. The van der Waals surface area contributed by atoms with Gasteiger partial charge in [0.05, 0.1) is 22.8 Å². The monoisotopic (exact) mass is 475 g/mol. The average Bonchev–Trinajstić information content (AvgIpc) is 2.72. The molecule has 0 spiro atoms. The molecule has 174 valence electrons. The van der Waals surface area contributed by atoms with Crippen LogP contribution in [0.4, 0.5) is 27.6 Å². The van der Waals surface area contributed by atoms with Crippen molar-refractivity contribution in [2.45, 2.75) is 44.8 Å². The first-order valence-corrected chi connectivity index (χ1v) is 11.7. The van der Waals surface area contributed by atoms with E-state index in [1.807, 2.05) is 6.92 Å². The van der Waals surface area contributed by atoms with E-state index in [9.17, 15) is 26.0 Å². The van der Waals surface area contributed by atoms with E-state index in [1.54, 1.807) is 11.8 Å². The van der Waals surface area contributed by atoms with Gasteiger partial charge in [0.2, 0.25) is 0 Å². The smallest absolute Gasteiger partial charge is 0.187 e. The molecule has 0 aliphatic carbocycles. The van der Waals surface area contributed by atoms with Gasteiger partial charge in [-0.2, -0.15) is 0 Å². The molecule has 3 rings (SSSR count). The van der Waals surface area contributed by atoms with Crippen molar-refractivity contribution < 1.29 is 35.1 Å². The van der Waals surface area contributed by atoms with Gasteiger partial charge in [0.1, 0.15) is 11.9 Å². The molecule has 0 saturated carbocycles. The first-order chi connectivity index (χ1) is 14.9. The van der Waals surface area contributed by atoms with Crippen LogP contribution in [-0.2, 0) is 26.1 Å². The number of ether oxygens (including phenoxy) is 1. The molecule has 0 bridgehead atoms. The number of rotatable bonds is 6. The molecule has 4 nitrogen and oxygen atoms in total. The fourth-order valence-electron chi connectivity index (χ4n) is 3.71. The Hall–Kier alpha value is -2.62. The van der Waals surface area contributed by atoms with Gasteiger partial charge in [-0.15, -0.1) is 0 Å². The SMILES string of the molecule is C=C1OC(C)c2c(ccc(CS(=O)(=O)Cc3c(F)c(F)c(C)c(F)c3F)c2F)N1CCC. The third-order valence-corrected chi connectivity index (χ3v) is 6.79. The maximum Gasteiger partial charge on any atom is 0.187 e. The molecule has 0 amide bonds. The molecule has 2 aromatic carbocycles. The van der Waals surface area contributed by atoms with Crippen LogP contribution < -0.4 is 4.90 Å². The lowest BCUT2D eigenvalue weighted by Crippen LogP contribution is -2.31. The molecule has 0 radical (unpaired) electrons. The van der Waals surface area contributed by atoms with Crippen LogP contribution in [0.5, 0.6) is 0 Å². The molecular formula is C22H22F5NO3S. The van der Waals surface area contributed by atoms with E-state index in [4.69, 9.17) is 4.74 Å². The lowest BCUT2D eigenvalue weighted by atomic mass is 10.0. The van der Waals surface area contributed by atoms with E-state index in [2.05, 4.69) is 6.58 Å². The van der Waals surface area contributed by atoms with Crippen LogP contribution >= 0.6 is 0 Å². The predicted octanol–water partition coefficient (Wildman–Crippen LogP) is 5.58. The van der Waals surface area contributed by atoms with E-state index in [1.165, 1.54) is 12.1 Å². The molecule has 1 aliphatic heterocycles. The van der Waals surface area contributed by atoms with E-state index >= 15 is 4.39 Å². The molecule has 0 N–H and O–H groups in total. The molecule has 2 aromatic rings. The van der Waals surface area contributed by atoms with Gasteiger partial charge in [-0.3, -0.25) is 0 Å². The summed E-state index contributed by atoms with van der Waals surface area (Å²) in [6, 6.07) is 2.78. The third-order valence-electron chi connectivity index (χ3n) is 5.31.